The van der Waals surface area contributed by atoms with Crippen molar-refractivity contribution in [3.05, 3.63) is 23.5 Å². The maximum absolute atomic E-state index is 12.6. The molecule has 0 spiro atoms. The molecule has 0 aromatic heterocycles. The minimum Gasteiger partial charge on any atom is -0.491 e. The van der Waals surface area contributed by atoms with E-state index in [0.29, 0.717) is 25.1 Å². The lowest BCUT2D eigenvalue weighted by atomic mass is 10.1. The van der Waals surface area contributed by atoms with Crippen LogP contribution in [0.5, 0.6) is 0 Å². The van der Waals surface area contributed by atoms with Gasteiger partial charge in [0.05, 0.1) is 6.61 Å². The molecule has 0 aliphatic carbocycles. The fourth-order valence-corrected chi connectivity index (χ4v) is 1.72. The second kappa shape index (κ2) is 19.8. The van der Waals surface area contributed by atoms with Gasteiger partial charge in [0.2, 0.25) is 0 Å². The van der Waals surface area contributed by atoms with E-state index in [9.17, 15) is 9.18 Å². The van der Waals surface area contributed by atoms with E-state index >= 15 is 0 Å². The van der Waals surface area contributed by atoms with Gasteiger partial charge in [-0.1, -0.05) is 27.7 Å². The fourth-order valence-electron chi connectivity index (χ4n) is 1.72. The summed E-state index contributed by atoms with van der Waals surface area (Å²) < 4.78 is 23.1. The average molecular weight is 378 g/mol. The molecule has 0 aromatic rings. The molecule has 0 bridgehead atoms. The standard InChI is InChI=1S/C16H28FNO4.2C2H6/c1-5-14(21-12-11-19)13(8-9-17)7-6-10-18-15(20)22-16(2,3)4;2*1-2/h5,8,19H,6-7,9-12H2,1-4H3,(H,18,20);2*1-2H3/b13-8-,14-5+;;. The van der Waals surface area contributed by atoms with Crippen LogP contribution >= 0.6 is 0 Å². The van der Waals surface area contributed by atoms with Crippen molar-refractivity contribution in [2.24, 2.45) is 0 Å². The van der Waals surface area contributed by atoms with Gasteiger partial charge in [-0.2, -0.15) is 0 Å². The summed E-state index contributed by atoms with van der Waals surface area (Å²) in [5, 5.41) is 11.4. The normalized spacial score (nSPS) is 11.5. The number of allylic oxidation sites excluding steroid dienone is 3. The zero-order valence-electron chi connectivity index (χ0n) is 17.9. The Morgan fingerprint density at radius 2 is 1.77 bits per heavy atom. The van der Waals surface area contributed by atoms with Gasteiger partial charge in [-0.3, -0.25) is 0 Å². The summed E-state index contributed by atoms with van der Waals surface area (Å²) >= 11 is 0. The fraction of sp³-hybridized carbons (Fsp3) is 0.750. The van der Waals surface area contributed by atoms with E-state index in [0.717, 1.165) is 5.57 Å². The Kier molecular flexibility index (Phi) is 22.2. The number of hydrogen-bond donors (Lipinski definition) is 2. The van der Waals surface area contributed by atoms with E-state index in [4.69, 9.17) is 14.6 Å². The highest BCUT2D eigenvalue weighted by Gasteiger charge is 2.15. The predicted octanol–water partition coefficient (Wildman–Crippen LogP) is 5.15. The van der Waals surface area contributed by atoms with Crippen LogP contribution in [0.4, 0.5) is 9.18 Å². The lowest BCUT2D eigenvalue weighted by Crippen LogP contribution is -2.33. The van der Waals surface area contributed by atoms with Gasteiger partial charge in [0.25, 0.3) is 0 Å². The van der Waals surface area contributed by atoms with E-state index < -0.39 is 18.4 Å². The summed E-state index contributed by atoms with van der Waals surface area (Å²) in [7, 11) is 0. The van der Waals surface area contributed by atoms with Crippen molar-refractivity contribution in [2.45, 2.75) is 73.8 Å². The van der Waals surface area contributed by atoms with E-state index in [1.807, 2.05) is 27.7 Å². The van der Waals surface area contributed by atoms with Crippen LogP contribution in [0.25, 0.3) is 0 Å². The highest BCUT2D eigenvalue weighted by Crippen LogP contribution is 2.17. The number of aliphatic hydroxyl groups is 1. The van der Waals surface area contributed by atoms with Crippen molar-refractivity contribution in [2.75, 3.05) is 26.4 Å². The summed E-state index contributed by atoms with van der Waals surface area (Å²) in [6.07, 6.45) is 3.90. The second-order valence-electron chi connectivity index (χ2n) is 5.64. The number of ether oxygens (including phenoxy) is 2. The molecule has 0 heterocycles. The molecule has 0 aromatic carbocycles. The number of alkyl carbamates (subject to hydrolysis) is 1. The lowest BCUT2D eigenvalue weighted by molar-refractivity contribution is 0.0527. The number of rotatable bonds is 9. The highest BCUT2D eigenvalue weighted by molar-refractivity contribution is 5.67. The number of carbonyl (C=O) groups excluding carboxylic acids is 1. The van der Waals surface area contributed by atoms with Gasteiger partial charge in [-0.15, -0.1) is 0 Å². The van der Waals surface area contributed by atoms with E-state index in [-0.39, 0.29) is 13.2 Å². The summed E-state index contributed by atoms with van der Waals surface area (Å²) in [6, 6.07) is 0. The van der Waals surface area contributed by atoms with Gasteiger partial charge in [0.1, 0.15) is 24.6 Å². The number of halogens is 1. The quantitative estimate of drug-likeness (QED) is 0.331. The van der Waals surface area contributed by atoms with Gasteiger partial charge >= 0.3 is 6.09 Å². The highest BCUT2D eigenvalue weighted by atomic mass is 19.1. The molecule has 0 aliphatic rings. The third kappa shape index (κ3) is 18.8. The molecule has 6 heteroatoms. The van der Waals surface area contributed by atoms with Gasteiger partial charge < -0.3 is 19.9 Å². The van der Waals surface area contributed by atoms with Crippen LogP contribution in [-0.2, 0) is 9.47 Å². The molecule has 0 rings (SSSR count). The van der Waals surface area contributed by atoms with Crippen molar-refractivity contribution < 1.29 is 23.8 Å². The topological polar surface area (TPSA) is 67.8 Å². The van der Waals surface area contributed by atoms with Crippen LogP contribution in [-0.4, -0.2) is 43.2 Å². The van der Waals surface area contributed by atoms with Crippen LogP contribution in [0.15, 0.2) is 23.5 Å². The molecule has 0 radical (unpaired) electrons. The Morgan fingerprint density at radius 3 is 2.19 bits per heavy atom. The minimum atomic E-state index is -0.589. The summed E-state index contributed by atoms with van der Waals surface area (Å²) in [5.41, 5.74) is 0.198. The number of alkyl halides is 1. The molecule has 1 amide bonds. The number of nitrogens with one attached hydrogen (secondary N) is 1. The monoisotopic (exact) mass is 377 g/mol. The SMILES string of the molecule is C/C=C(OCCO)\C(=C/CF)CCCNC(=O)OC(C)(C)C.CC.CC. The van der Waals surface area contributed by atoms with Crippen LogP contribution in [0.1, 0.15) is 68.2 Å². The third-order valence-corrected chi connectivity index (χ3v) is 2.54. The van der Waals surface area contributed by atoms with E-state index in [1.54, 1.807) is 33.8 Å². The number of carbonyl (C=O) groups is 1. The summed E-state index contributed by atoms with van der Waals surface area (Å²) in [4.78, 5) is 11.5. The first-order valence-electron chi connectivity index (χ1n) is 9.46. The largest absolute Gasteiger partial charge is 0.491 e. The average Bonchev–Trinajstić information content (AvgIpc) is 2.61. The van der Waals surface area contributed by atoms with Crippen molar-refractivity contribution in [1.82, 2.24) is 5.32 Å². The Bertz CT molecular complexity index is 388. The lowest BCUT2D eigenvalue weighted by Gasteiger charge is -2.19. The van der Waals surface area contributed by atoms with Crippen molar-refractivity contribution in [3.8, 4) is 0 Å². The van der Waals surface area contributed by atoms with Crippen LogP contribution in [0.3, 0.4) is 0 Å². The van der Waals surface area contributed by atoms with Crippen molar-refractivity contribution >= 4 is 6.09 Å². The molecule has 26 heavy (non-hydrogen) atoms. The number of amides is 1. The molecular weight excluding hydrogens is 337 g/mol. The summed E-state index contributed by atoms with van der Waals surface area (Å²) in [6.45, 7) is 15.1. The molecule has 0 saturated carbocycles. The molecule has 0 aliphatic heterocycles. The maximum Gasteiger partial charge on any atom is 0.407 e. The Hall–Kier alpha value is -1.56. The first-order valence-corrected chi connectivity index (χ1v) is 9.46. The third-order valence-electron chi connectivity index (χ3n) is 2.54. The molecule has 0 fully saturated rings. The smallest absolute Gasteiger partial charge is 0.407 e. The van der Waals surface area contributed by atoms with Crippen LogP contribution in [0, 0.1) is 0 Å². The van der Waals surface area contributed by atoms with Crippen LogP contribution < -0.4 is 5.32 Å². The van der Waals surface area contributed by atoms with Gasteiger partial charge in [0, 0.05) is 6.54 Å². The van der Waals surface area contributed by atoms with Gasteiger partial charge in [-0.25, -0.2) is 9.18 Å². The molecule has 0 saturated heterocycles. The second-order valence-corrected chi connectivity index (χ2v) is 5.64. The van der Waals surface area contributed by atoms with E-state index in [1.165, 1.54) is 6.08 Å². The van der Waals surface area contributed by atoms with E-state index in [2.05, 4.69) is 5.32 Å². The van der Waals surface area contributed by atoms with Gasteiger partial charge in [0.15, 0.2) is 0 Å². The Balaban J connectivity index is -0.00000123. The van der Waals surface area contributed by atoms with Gasteiger partial charge in [-0.05, 0) is 58.3 Å². The molecule has 5 nitrogen and oxygen atoms in total. The molecule has 0 atom stereocenters. The minimum absolute atomic E-state index is 0.0968. The predicted molar refractivity (Wildman–Crippen MR) is 107 cm³/mol. The number of aliphatic hydroxyl groups excluding tert-OH is 1. The first-order chi connectivity index (χ1) is 12.3. The zero-order chi connectivity index (χ0) is 21.0. The van der Waals surface area contributed by atoms with Crippen molar-refractivity contribution in [1.29, 1.82) is 0 Å². The molecule has 156 valence electrons. The maximum atomic E-state index is 12.6. The Morgan fingerprint density at radius 1 is 1.19 bits per heavy atom. The van der Waals surface area contributed by atoms with Crippen molar-refractivity contribution in [3.63, 3.8) is 0 Å². The zero-order valence-corrected chi connectivity index (χ0v) is 17.9. The first kappa shape index (κ1) is 29.2. The van der Waals surface area contributed by atoms with Crippen LogP contribution in [0.2, 0.25) is 0 Å². The molecular formula is C20H40FNO4. The number of hydrogen-bond acceptors (Lipinski definition) is 4. The Labute approximate surface area is 159 Å². The summed E-state index contributed by atoms with van der Waals surface area (Å²) in [5.74, 6) is 0.559. The molecule has 0 unspecified atom stereocenters. The molecule has 2 N–H and O–H groups in total.